The van der Waals surface area contributed by atoms with Crippen molar-refractivity contribution in [2.45, 2.75) is 291 Å². The van der Waals surface area contributed by atoms with Crippen LogP contribution < -0.4 is 0 Å². The van der Waals surface area contributed by atoms with Crippen LogP contribution in [0.5, 0.6) is 0 Å². The summed E-state index contributed by atoms with van der Waals surface area (Å²) in [5.41, 5.74) is 0. The zero-order valence-electron chi connectivity index (χ0n) is 38.8. The summed E-state index contributed by atoms with van der Waals surface area (Å²) < 4.78 is 16.8. The number of unbranched alkanes of at least 4 members (excludes halogenated alkanes) is 32. The molecular formula is C51H98O6. The van der Waals surface area contributed by atoms with Crippen LogP contribution in [0.4, 0.5) is 0 Å². The molecule has 0 heterocycles. The normalized spacial score (nSPS) is 12.4. The minimum atomic E-state index is -0.760. The smallest absolute Gasteiger partial charge is 0.306 e. The summed E-state index contributed by atoms with van der Waals surface area (Å²) in [6.07, 6.45) is 46.4. The Labute approximate surface area is 355 Å². The lowest BCUT2D eigenvalue weighted by molar-refractivity contribution is -0.167. The first-order chi connectivity index (χ1) is 27.9. The van der Waals surface area contributed by atoms with Crippen LogP contribution in [0.3, 0.4) is 0 Å². The lowest BCUT2D eigenvalue weighted by atomic mass is 9.99. The van der Waals surface area contributed by atoms with E-state index < -0.39 is 6.10 Å². The Balaban J connectivity index is 4.30. The Bertz CT molecular complexity index is 859. The molecule has 0 aromatic carbocycles. The highest BCUT2D eigenvalue weighted by Crippen LogP contribution is 2.17. The van der Waals surface area contributed by atoms with Crippen LogP contribution >= 0.6 is 0 Å². The quantitative estimate of drug-likeness (QED) is 0.0346. The lowest BCUT2D eigenvalue weighted by Gasteiger charge is -2.18. The second-order valence-corrected chi connectivity index (χ2v) is 17.7. The maximum Gasteiger partial charge on any atom is 0.306 e. The average molecular weight is 807 g/mol. The molecule has 0 amide bonds. The Morgan fingerprint density at radius 3 is 0.912 bits per heavy atom. The van der Waals surface area contributed by atoms with E-state index in [1.54, 1.807) is 0 Å². The van der Waals surface area contributed by atoms with E-state index in [4.69, 9.17) is 14.2 Å². The molecule has 0 saturated heterocycles. The first kappa shape index (κ1) is 55.4. The van der Waals surface area contributed by atoms with E-state index in [2.05, 4.69) is 27.7 Å². The van der Waals surface area contributed by atoms with Gasteiger partial charge in [0, 0.05) is 19.3 Å². The first-order valence-electron chi connectivity index (χ1n) is 25.4. The average Bonchev–Trinajstić information content (AvgIpc) is 3.21. The van der Waals surface area contributed by atoms with Gasteiger partial charge in [-0.3, -0.25) is 14.4 Å². The molecule has 6 nitrogen and oxygen atoms in total. The molecule has 6 heteroatoms. The predicted molar refractivity (Wildman–Crippen MR) is 243 cm³/mol. The van der Waals surface area contributed by atoms with Crippen LogP contribution in [0.25, 0.3) is 0 Å². The van der Waals surface area contributed by atoms with E-state index in [0.717, 1.165) is 63.7 Å². The highest BCUT2D eigenvalue weighted by molar-refractivity contribution is 5.71. The third kappa shape index (κ3) is 43.8. The molecule has 338 valence electrons. The van der Waals surface area contributed by atoms with Crippen molar-refractivity contribution in [3.63, 3.8) is 0 Å². The molecule has 0 aromatic rings. The molecule has 0 N–H and O–H groups in total. The van der Waals surface area contributed by atoms with E-state index in [-0.39, 0.29) is 31.1 Å². The summed E-state index contributed by atoms with van der Waals surface area (Å²) in [5, 5.41) is 0. The summed E-state index contributed by atoms with van der Waals surface area (Å²) in [7, 11) is 0. The van der Waals surface area contributed by atoms with Crippen molar-refractivity contribution >= 4 is 17.9 Å². The summed E-state index contributed by atoms with van der Waals surface area (Å²) in [6.45, 7) is 9.04. The number of carbonyl (C=O) groups is 3. The van der Waals surface area contributed by atoms with Gasteiger partial charge in [-0.05, 0) is 25.2 Å². The Morgan fingerprint density at radius 1 is 0.351 bits per heavy atom. The molecule has 0 aliphatic rings. The van der Waals surface area contributed by atoms with Crippen LogP contribution in [0.1, 0.15) is 285 Å². The third-order valence-electron chi connectivity index (χ3n) is 11.9. The Kier molecular flexibility index (Phi) is 44.2. The number of esters is 3. The second-order valence-electron chi connectivity index (χ2n) is 17.7. The van der Waals surface area contributed by atoms with Crippen LogP contribution in [0, 0.1) is 5.92 Å². The van der Waals surface area contributed by atoms with Gasteiger partial charge in [-0.15, -0.1) is 0 Å². The molecule has 0 fully saturated rings. The van der Waals surface area contributed by atoms with Gasteiger partial charge in [0.25, 0.3) is 0 Å². The van der Waals surface area contributed by atoms with E-state index in [0.29, 0.717) is 19.3 Å². The SMILES string of the molecule is CCCCCCCCCCCCCCCCC(=O)OC[C@H](COC(=O)CCCCCCCCCCCCC(C)CC)OC(=O)CCCCCCCCCCCCC. The van der Waals surface area contributed by atoms with Crippen molar-refractivity contribution in [1.29, 1.82) is 0 Å². The number of hydrogen-bond acceptors (Lipinski definition) is 6. The van der Waals surface area contributed by atoms with Gasteiger partial charge in [-0.1, -0.05) is 246 Å². The monoisotopic (exact) mass is 807 g/mol. The van der Waals surface area contributed by atoms with Gasteiger partial charge in [-0.2, -0.15) is 0 Å². The fourth-order valence-electron chi connectivity index (χ4n) is 7.66. The molecule has 0 bridgehead atoms. The lowest BCUT2D eigenvalue weighted by Crippen LogP contribution is -2.30. The molecule has 0 aromatic heterocycles. The van der Waals surface area contributed by atoms with Crippen LogP contribution in [0.15, 0.2) is 0 Å². The van der Waals surface area contributed by atoms with Gasteiger partial charge >= 0.3 is 17.9 Å². The third-order valence-corrected chi connectivity index (χ3v) is 11.9. The number of carbonyl (C=O) groups excluding carboxylic acids is 3. The van der Waals surface area contributed by atoms with Crippen LogP contribution in [-0.4, -0.2) is 37.2 Å². The van der Waals surface area contributed by atoms with E-state index in [1.165, 1.54) is 180 Å². The van der Waals surface area contributed by atoms with Crippen molar-refractivity contribution in [3.05, 3.63) is 0 Å². The van der Waals surface area contributed by atoms with Crippen molar-refractivity contribution < 1.29 is 28.6 Å². The molecule has 0 radical (unpaired) electrons. The predicted octanol–water partition coefficient (Wildman–Crippen LogP) is 16.3. The van der Waals surface area contributed by atoms with Crippen LogP contribution in [-0.2, 0) is 28.6 Å². The van der Waals surface area contributed by atoms with Crippen LogP contribution in [0.2, 0.25) is 0 Å². The van der Waals surface area contributed by atoms with E-state index >= 15 is 0 Å². The van der Waals surface area contributed by atoms with Gasteiger partial charge in [0.1, 0.15) is 13.2 Å². The van der Waals surface area contributed by atoms with Gasteiger partial charge in [0.05, 0.1) is 0 Å². The maximum atomic E-state index is 12.7. The molecule has 57 heavy (non-hydrogen) atoms. The summed E-state index contributed by atoms with van der Waals surface area (Å²) in [6, 6.07) is 0. The summed E-state index contributed by atoms with van der Waals surface area (Å²) in [4.78, 5) is 37.9. The largest absolute Gasteiger partial charge is 0.462 e. The summed E-state index contributed by atoms with van der Waals surface area (Å²) >= 11 is 0. The topological polar surface area (TPSA) is 78.9 Å². The number of rotatable bonds is 46. The van der Waals surface area contributed by atoms with E-state index in [1.807, 2.05) is 0 Å². The van der Waals surface area contributed by atoms with Gasteiger partial charge in [0.15, 0.2) is 6.10 Å². The molecular weight excluding hydrogens is 709 g/mol. The Morgan fingerprint density at radius 2 is 0.614 bits per heavy atom. The van der Waals surface area contributed by atoms with Crippen molar-refractivity contribution in [1.82, 2.24) is 0 Å². The highest BCUT2D eigenvalue weighted by Gasteiger charge is 2.19. The number of hydrogen-bond donors (Lipinski definition) is 0. The van der Waals surface area contributed by atoms with Gasteiger partial charge in [-0.25, -0.2) is 0 Å². The second kappa shape index (κ2) is 45.5. The van der Waals surface area contributed by atoms with Crippen molar-refractivity contribution in [3.8, 4) is 0 Å². The van der Waals surface area contributed by atoms with E-state index in [9.17, 15) is 14.4 Å². The molecule has 0 aliphatic heterocycles. The first-order valence-corrected chi connectivity index (χ1v) is 25.4. The van der Waals surface area contributed by atoms with Gasteiger partial charge < -0.3 is 14.2 Å². The van der Waals surface area contributed by atoms with Crippen molar-refractivity contribution in [2.24, 2.45) is 5.92 Å². The maximum absolute atomic E-state index is 12.7. The minimum absolute atomic E-state index is 0.0629. The fourth-order valence-corrected chi connectivity index (χ4v) is 7.66. The standard InChI is InChI=1S/C51H98O6/c1-5-8-10-12-14-16-18-19-20-22-26-30-34-38-42-49(52)55-45-48(57-51(54)44-40-36-32-28-21-17-15-13-11-9-6-2)46-56-50(53)43-39-35-31-27-24-23-25-29-33-37-41-47(4)7-3/h47-48H,5-46H2,1-4H3/t47?,48-/m1/s1. The Hall–Kier alpha value is -1.59. The zero-order valence-corrected chi connectivity index (χ0v) is 38.8. The molecule has 0 saturated carbocycles. The molecule has 2 atom stereocenters. The zero-order chi connectivity index (χ0) is 41.7. The van der Waals surface area contributed by atoms with Crippen molar-refractivity contribution in [2.75, 3.05) is 13.2 Å². The molecule has 0 spiro atoms. The molecule has 0 rings (SSSR count). The fraction of sp³-hybridized carbons (Fsp3) is 0.941. The highest BCUT2D eigenvalue weighted by atomic mass is 16.6. The summed E-state index contributed by atoms with van der Waals surface area (Å²) in [5.74, 6) is 0.0233. The minimum Gasteiger partial charge on any atom is -0.462 e. The number of ether oxygens (including phenoxy) is 3. The van der Waals surface area contributed by atoms with Gasteiger partial charge in [0.2, 0.25) is 0 Å². The molecule has 0 aliphatic carbocycles. The molecule has 1 unspecified atom stereocenters.